The zero-order valence-electron chi connectivity index (χ0n) is 26.6. The van der Waals surface area contributed by atoms with E-state index in [1.807, 2.05) is 20.8 Å². The van der Waals surface area contributed by atoms with Crippen molar-refractivity contribution in [1.82, 2.24) is 25.1 Å². The lowest BCUT2D eigenvalue weighted by Crippen LogP contribution is -2.65. The molecule has 4 rings (SSSR count). The van der Waals surface area contributed by atoms with E-state index in [2.05, 4.69) is 15.3 Å². The Balaban J connectivity index is 1.45. The number of carbonyl (C=O) groups excluding carboxylic acids is 3. The van der Waals surface area contributed by atoms with E-state index in [4.69, 9.17) is 10.1 Å². The lowest BCUT2D eigenvalue weighted by atomic mass is 9.80. The molecule has 1 atom stereocenters. The lowest BCUT2D eigenvalue weighted by Gasteiger charge is -2.46. The van der Waals surface area contributed by atoms with Gasteiger partial charge in [-0.3, -0.25) is 9.59 Å². The Kier molecular flexibility index (Phi) is 9.95. The Morgan fingerprint density at radius 2 is 1.80 bits per heavy atom. The van der Waals surface area contributed by atoms with Crippen LogP contribution in [0.2, 0.25) is 0 Å². The molecule has 44 heavy (non-hydrogen) atoms. The van der Waals surface area contributed by atoms with Gasteiger partial charge >= 0.3 is 6.09 Å². The molecule has 3 amide bonds. The van der Waals surface area contributed by atoms with Crippen LogP contribution in [0.25, 0.3) is 5.57 Å². The number of halogens is 1. The molecule has 2 fully saturated rings. The number of hydrogen-bond acceptors (Lipinski definition) is 6. The summed E-state index contributed by atoms with van der Waals surface area (Å²) in [4.78, 5) is 51.3. The molecule has 1 saturated carbocycles. The van der Waals surface area contributed by atoms with Crippen LogP contribution in [-0.2, 0) is 9.53 Å². The predicted octanol–water partition coefficient (Wildman–Crippen LogP) is 5.56. The molecule has 0 bridgehead atoms. The highest BCUT2D eigenvalue weighted by molar-refractivity contribution is 6.10. The Morgan fingerprint density at radius 3 is 2.39 bits per heavy atom. The van der Waals surface area contributed by atoms with Gasteiger partial charge in [-0.15, -0.1) is 0 Å². The Hall–Kier alpha value is -4.02. The van der Waals surface area contributed by atoms with Crippen LogP contribution in [0.3, 0.4) is 0 Å². The summed E-state index contributed by atoms with van der Waals surface area (Å²) >= 11 is 0. The normalized spacial score (nSPS) is 19.1. The van der Waals surface area contributed by atoms with E-state index in [1.54, 1.807) is 48.8 Å². The van der Waals surface area contributed by atoms with Gasteiger partial charge < -0.3 is 30.2 Å². The van der Waals surface area contributed by atoms with Crippen LogP contribution >= 0.6 is 0 Å². The number of aromatic amines is 1. The maximum atomic E-state index is 14.0. The lowest BCUT2D eigenvalue weighted by molar-refractivity contribution is -0.144. The van der Waals surface area contributed by atoms with E-state index in [-0.39, 0.29) is 35.3 Å². The summed E-state index contributed by atoms with van der Waals surface area (Å²) in [6, 6.07) is 5.48. The van der Waals surface area contributed by atoms with Crippen molar-refractivity contribution in [3.8, 4) is 0 Å². The summed E-state index contributed by atoms with van der Waals surface area (Å²) in [7, 11) is 0. The number of benzene rings is 1. The molecular formula is C33H45FN6O4. The van der Waals surface area contributed by atoms with E-state index >= 15 is 0 Å². The summed E-state index contributed by atoms with van der Waals surface area (Å²) < 4.78 is 18.8. The third-order valence-electron chi connectivity index (χ3n) is 8.19. The van der Waals surface area contributed by atoms with Crippen molar-refractivity contribution in [2.75, 3.05) is 19.6 Å². The fourth-order valence-corrected chi connectivity index (χ4v) is 5.89. The SMILES string of the molecule is CC(C)/C(=C/C(=N)c1ccc(F)cc1)c1ncc(C(=O)N2CCN(C(=O)C3(NC(=O)OC(C)(C)C)CCCCC3)[C@@H](C)C2)[nH]1. The number of allylic oxidation sites excluding steroid dienone is 2. The zero-order valence-corrected chi connectivity index (χ0v) is 26.6. The molecular weight excluding hydrogens is 563 g/mol. The van der Waals surface area contributed by atoms with E-state index in [0.717, 1.165) is 24.8 Å². The first-order chi connectivity index (χ1) is 20.7. The molecule has 1 aliphatic carbocycles. The summed E-state index contributed by atoms with van der Waals surface area (Å²) in [6.45, 7) is 12.3. The first kappa shape index (κ1) is 32.9. The molecule has 0 spiro atoms. The van der Waals surface area contributed by atoms with Crippen molar-refractivity contribution in [3.05, 3.63) is 59.4 Å². The van der Waals surface area contributed by atoms with E-state index in [1.165, 1.54) is 18.3 Å². The van der Waals surface area contributed by atoms with Gasteiger partial charge in [-0.25, -0.2) is 14.2 Å². The van der Waals surface area contributed by atoms with Crippen LogP contribution in [0.4, 0.5) is 9.18 Å². The number of aromatic nitrogens is 2. The molecule has 1 saturated heterocycles. The predicted molar refractivity (Wildman–Crippen MR) is 167 cm³/mol. The van der Waals surface area contributed by atoms with Gasteiger partial charge in [0.15, 0.2) is 0 Å². The van der Waals surface area contributed by atoms with Crippen molar-refractivity contribution in [2.45, 2.75) is 90.8 Å². The van der Waals surface area contributed by atoms with Gasteiger partial charge in [0.2, 0.25) is 5.91 Å². The van der Waals surface area contributed by atoms with Gasteiger partial charge in [-0.05, 0) is 87.9 Å². The maximum Gasteiger partial charge on any atom is 0.408 e. The second kappa shape index (κ2) is 13.3. The smallest absolute Gasteiger partial charge is 0.408 e. The fraction of sp³-hybridized carbons (Fsp3) is 0.545. The topological polar surface area (TPSA) is 131 Å². The van der Waals surface area contributed by atoms with Crippen LogP contribution in [0, 0.1) is 17.1 Å². The number of hydrogen-bond donors (Lipinski definition) is 3. The molecule has 2 aromatic rings. The van der Waals surface area contributed by atoms with E-state index < -0.39 is 17.2 Å². The third kappa shape index (κ3) is 7.73. The molecule has 11 heteroatoms. The molecule has 238 valence electrons. The van der Waals surface area contributed by atoms with Crippen molar-refractivity contribution >= 4 is 29.2 Å². The Morgan fingerprint density at radius 1 is 1.14 bits per heavy atom. The monoisotopic (exact) mass is 608 g/mol. The zero-order chi connectivity index (χ0) is 32.2. The number of alkyl carbamates (subject to hydrolysis) is 1. The third-order valence-corrected chi connectivity index (χ3v) is 8.19. The van der Waals surface area contributed by atoms with Crippen LogP contribution in [-0.4, -0.2) is 80.2 Å². The molecule has 2 heterocycles. The molecule has 1 aromatic heterocycles. The Bertz CT molecular complexity index is 1400. The number of H-pyrrole nitrogens is 1. The second-order valence-electron chi connectivity index (χ2n) is 13.2. The fourth-order valence-electron chi connectivity index (χ4n) is 5.89. The highest BCUT2D eigenvalue weighted by atomic mass is 19.1. The number of ether oxygens (including phenoxy) is 1. The number of nitrogens with zero attached hydrogens (tertiary/aromatic N) is 3. The number of rotatable bonds is 7. The Labute approximate surface area is 258 Å². The highest BCUT2D eigenvalue weighted by Crippen LogP contribution is 2.32. The quantitative estimate of drug-likeness (QED) is 0.355. The highest BCUT2D eigenvalue weighted by Gasteiger charge is 2.46. The average molecular weight is 609 g/mol. The number of amides is 3. The van der Waals surface area contributed by atoms with E-state index in [9.17, 15) is 18.8 Å². The summed E-state index contributed by atoms with van der Waals surface area (Å²) in [5, 5.41) is 11.4. The summed E-state index contributed by atoms with van der Waals surface area (Å²) in [6.07, 6.45) is 6.39. The van der Waals surface area contributed by atoms with Gasteiger partial charge in [0.25, 0.3) is 5.91 Å². The number of imidazole rings is 1. The standard InChI is InChI=1S/C33H45FN6O4/c1-21(2)25(18-26(35)23-10-12-24(34)13-11-23)28-36-19-27(37-28)29(41)39-16-17-40(22(3)20-39)30(42)33(14-8-7-9-15-33)38-31(43)44-32(4,5)6/h10-13,18-19,21-22,35H,7-9,14-17,20H2,1-6H3,(H,36,37)(H,38,43)/b25-18-,35-26?/t22-/m0/s1. The van der Waals surface area contributed by atoms with Gasteiger partial charge in [0.1, 0.15) is 28.5 Å². The minimum absolute atomic E-state index is 0.000812. The first-order valence-corrected chi connectivity index (χ1v) is 15.4. The van der Waals surface area contributed by atoms with Crippen molar-refractivity contribution in [2.24, 2.45) is 5.92 Å². The van der Waals surface area contributed by atoms with Crippen LogP contribution in [0.15, 0.2) is 36.5 Å². The van der Waals surface area contributed by atoms with Crippen molar-refractivity contribution in [1.29, 1.82) is 5.41 Å². The minimum Gasteiger partial charge on any atom is -0.444 e. The average Bonchev–Trinajstić information content (AvgIpc) is 3.44. The minimum atomic E-state index is -1.01. The number of piperazine rings is 1. The van der Waals surface area contributed by atoms with Gasteiger partial charge in [-0.1, -0.05) is 33.1 Å². The summed E-state index contributed by atoms with van der Waals surface area (Å²) in [5.41, 5.74) is 0.167. The molecule has 2 aliphatic rings. The first-order valence-electron chi connectivity index (χ1n) is 15.4. The molecule has 1 aliphatic heterocycles. The largest absolute Gasteiger partial charge is 0.444 e. The van der Waals surface area contributed by atoms with Crippen LogP contribution in [0.1, 0.15) is 95.5 Å². The molecule has 0 radical (unpaired) electrons. The van der Waals surface area contributed by atoms with Crippen LogP contribution in [0.5, 0.6) is 0 Å². The van der Waals surface area contributed by atoms with Crippen molar-refractivity contribution < 1.29 is 23.5 Å². The molecule has 0 unspecified atom stereocenters. The van der Waals surface area contributed by atoms with Gasteiger partial charge in [-0.2, -0.15) is 0 Å². The van der Waals surface area contributed by atoms with Gasteiger partial charge in [0, 0.05) is 25.7 Å². The maximum absolute atomic E-state index is 14.0. The molecule has 3 N–H and O–H groups in total. The summed E-state index contributed by atoms with van der Waals surface area (Å²) in [5.74, 6) is -0.222. The molecule has 1 aromatic carbocycles. The number of nitrogens with one attached hydrogen (secondary N) is 3. The van der Waals surface area contributed by atoms with Gasteiger partial charge in [0.05, 0.1) is 11.9 Å². The van der Waals surface area contributed by atoms with Crippen molar-refractivity contribution in [3.63, 3.8) is 0 Å². The number of carbonyl (C=O) groups is 3. The second-order valence-corrected chi connectivity index (χ2v) is 13.2. The van der Waals surface area contributed by atoms with E-state index in [0.29, 0.717) is 49.6 Å². The molecule has 10 nitrogen and oxygen atoms in total. The van der Waals surface area contributed by atoms with Crippen LogP contribution < -0.4 is 5.32 Å².